The van der Waals surface area contributed by atoms with Crippen molar-refractivity contribution in [2.24, 2.45) is 0 Å². The van der Waals surface area contributed by atoms with Crippen molar-refractivity contribution in [1.82, 2.24) is 4.90 Å². The summed E-state index contributed by atoms with van der Waals surface area (Å²) in [7, 11) is 0. The normalized spacial score (nSPS) is 13.0. The Bertz CT molecular complexity index is 877. The fourth-order valence-corrected chi connectivity index (χ4v) is 3.24. The molecule has 9 heteroatoms. The smallest absolute Gasteiger partial charge is 0.323 e. The Kier molecular flexibility index (Phi) is 11.8. The maximum atomic E-state index is 13.2. The van der Waals surface area contributed by atoms with Crippen LogP contribution in [0.15, 0.2) is 30.3 Å². The molecule has 0 saturated carbocycles. The van der Waals surface area contributed by atoms with E-state index >= 15 is 0 Å². The van der Waals surface area contributed by atoms with Gasteiger partial charge in [-0.1, -0.05) is 30.3 Å². The van der Waals surface area contributed by atoms with E-state index in [1.165, 1.54) is 4.90 Å². The lowest BCUT2D eigenvalue weighted by Gasteiger charge is -2.32. The third-order valence-electron chi connectivity index (χ3n) is 4.49. The summed E-state index contributed by atoms with van der Waals surface area (Å²) in [5.74, 6) is -2.45. The average Bonchev–Trinajstić information content (AvgIpc) is 2.68. The Hall–Kier alpha value is -2.94. The van der Waals surface area contributed by atoms with Gasteiger partial charge in [0.05, 0.1) is 13.1 Å². The number of nitrogens with zero attached hydrogens (tertiary/aromatic N) is 1. The van der Waals surface area contributed by atoms with Crippen LogP contribution in [0.4, 0.5) is 0 Å². The minimum absolute atomic E-state index is 0.0336. The van der Waals surface area contributed by atoms with Crippen LogP contribution in [-0.2, 0) is 44.7 Å². The van der Waals surface area contributed by atoms with E-state index in [9.17, 15) is 19.2 Å². The van der Waals surface area contributed by atoms with Crippen LogP contribution in [-0.4, -0.2) is 64.7 Å². The lowest BCUT2D eigenvalue weighted by molar-refractivity contribution is -0.168. The van der Waals surface area contributed by atoms with Crippen LogP contribution in [0.3, 0.4) is 0 Å². The van der Waals surface area contributed by atoms with Gasteiger partial charge >= 0.3 is 23.9 Å². The summed E-state index contributed by atoms with van der Waals surface area (Å²) in [6, 6.07) is 8.12. The number of hydrogen-bond acceptors (Lipinski definition) is 9. The standard InChI is InChI=1S/C28H43NO8/c1-26(2,3)35-23(31)17-29(18-24(32)36-27(4,5)6)21(25(33)37-28(7,8)9)15-16-22(30)34-19-20-13-11-10-12-14-20/h10-14,21H,15-19H2,1-9H3/t21-/m0/s1. The van der Waals surface area contributed by atoms with E-state index in [0.29, 0.717) is 0 Å². The zero-order chi connectivity index (χ0) is 28.4. The topological polar surface area (TPSA) is 108 Å². The molecule has 9 nitrogen and oxygen atoms in total. The third kappa shape index (κ3) is 15.0. The minimum Gasteiger partial charge on any atom is -0.461 e. The molecule has 0 saturated heterocycles. The van der Waals surface area contributed by atoms with E-state index in [1.54, 1.807) is 62.3 Å². The maximum absolute atomic E-state index is 13.2. The van der Waals surface area contributed by atoms with Crippen molar-refractivity contribution >= 4 is 23.9 Å². The van der Waals surface area contributed by atoms with Crippen molar-refractivity contribution in [3.63, 3.8) is 0 Å². The Labute approximate surface area is 220 Å². The molecule has 0 amide bonds. The molecule has 37 heavy (non-hydrogen) atoms. The second-order valence-electron chi connectivity index (χ2n) is 11.8. The molecule has 208 valence electrons. The number of benzene rings is 1. The molecular weight excluding hydrogens is 478 g/mol. The van der Waals surface area contributed by atoms with Crippen LogP contribution >= 0.6 is 0 Å². The molecule has 0 unspecified atom stereocenters. The first-order chi connectivity index (χ1) is 16.8. The minimum atomic E-state index is -1.09. The number of esters is 4. The van der Waals surface area contributed by atoms with Gasteiger partial charge in [0.25, 0.3) is 0 Å². The monoisotopic (exact) mass is 521 g/mol. The van der Waals surface area contributed by atoms with Gasteiger partial charge in [0, 0.05) is 6.42 Å². The van der Waals surface area contributed by atoms with Gasteiger partial charge in [0.1, 0.15) is 29.5 Å². The fourth-order valence-electron chi connectivity index (χ4n) is 3.24. The number of rotatable bonds is 11. The second-order valence-corrected chi connectivity index (χ2v) is 11.8. The zero-order valence-electron chi connectivity index (χ0n) is 23.7. The van der Waals surface area contributed by atoms with E-state index < -0.39 is 46.7 Å². The Morgan fingerprint density at radius 3 is 1.59 bits per heavy atom. The third-order valence-corrected chi connectivity index (χ3v) is 4.49. The molecule has 0 spiro atoms. The molecule has 0 heterocycles. The van der Waals surface area contributed by atoms with Crippen molar-refractivity contribution in [3.05, 3.63) is 35.9 Å². The second kappa shape index (κ2) is 13.6. The van der Waals surface area contributed by atoms with Crippen LogP contribution in [0, 0.1) is 0 Å². The number of hydrogen-bond donors (Lipinski definition) is 0. The van der Waals surface area contributed by atoms with Crippen LogP contribution in [0.5, 0.6) is 0 Å². The van der Waals surface area contributed by atoms with Crippen LogP contribution in [0.1, 0.15) is 80.7 Å². The first kappa shape index (κ1) is 32.1. The van der Waals surface area contributed by atoms with Crippen molar-refractivity contribution < 1.29 is 38.1 Å². The van der Waals surface area contributed by atoms with Gasteiger partial charge in [-0.15, -0.1) is 0 Å². The summed E-state index contributed by atoms with van der Waals surface area (Å²) < 4.78 is 21.7. The Morgan fingerprint density at radius 2 is 1.16 bits per heavy atom. The van der Waals surface area contributed by atoms with E-state index in [4.69, 9.17) is 18.9 Å². The number of ether oxygens (including phenoxy) is 4. The molecule has 0 radical (unpaired) electrons. The van der Waals surface area contributed by atoms with Crippen molar-refractivity contribution in [2.45, 2.75) is 105 Å². The molecule has 1 aromatic carbocycles. The van der Waals surface area contributed by atoms with Gasteiger partial charge in [0.15, 0.2) is 0 Å². The molecule has 0 aliphatic rings. The van der Waals surface area contributed by atoms with E-state index in [2.05, 4.69) is 0 Å². The maximum Gasteiger partial charge on any atom is 0.323 e. The Morgan fingerprint density at radius 1 is 0.703 bits per heavy atom. The van der Waals surface area contributed by atoms with Gasteiger partial charge in [-0.3, -0.25) is 24.1 Å². The molecule has 0 bridgehead atoms. The molecule has 0 aliphatic carbocycles. The summed E-state index contributed by atoms with van der Waals surface area (Å²) in [6.07, 6.45) is -0.163. The van der Waals surface area contributed by atoms with E-state index in [1.807, 2.05) is 30.3 Å². The van der Waals surface area contributed by atoms with Crippen LogP contribution < -0.4 is 0 Å². The lowest BCUT2D eigenvalue weighted by atomic mass is 10.1. The van der Waals surface area contributed by atoms with Gasteiger partial charge in [0.2, 0.25) is 0 Å². The van der Waals surface area contributed by atoms with Crippen molar-refractivity contribution in [1.29, 1.82) is 0 Å². The Balaban J connectivity index is 3.11. The highest BCUT2D eigenvalue weighted by molar-refractivity contribution is 5.81. The molecule has 1 atom stereocenters. The summed E-state index contributed by atoms with van der Waals surface area (Å²) in [5, 5.41) is 0. The molecule has 0 aliphatic heterocycles. The summed E-state index contributed by atoms with van der Waals surface area (Å²) >= 11 is 0. The predicted octanol–water partition coefficient (Wildman–Crippen LogP) is 4.21. The van der Waals surface area contributed by atoms with Crippen LogP contribution in [0.2, 0.25) is 0 Å². The molecule has 1 aromatic rings. The predicted molar refractivity (Wildman–Crippen MR) is 138 cm³/mol. The lowest BCUT2D eigenvalue weighted by Crippen LogP contribution is -2.50. The first-order valence-corrected chi connectivity index (χ1v) is 12.4. The SMILES string of the molecule is CC(C)(C)OC(=O)CN(CC(=O)OC(C)(C)C)[C@@H](CCC(=O)OCc1ccccc1)C(=O)OC(C)(C)C. The van der Waals surface area contributed by atoms with E-state index in [-0.39, 0.29) is 32.5 Å². The highest BCUT2D eigenvalue weighted by atomic mass is 16.6. The van der Waals surface area contributed by atoms with Gasteiger partial charge in [-0.2, -0.15) is 0 Å². The summed E-state index contributed by atoms with van der Waals surface area (Å²) in [5.41, 5.74) is -1.53. The molecular formula is C28H43NO8. The quantitative estimate of drug-likeness (QED) is 0.312. The first-order valence-electron chi connectivity index (χ1n) is 12.4. The zero-order valence-corrected chi connectivity index (χ0v) is 23.7. The van der Waals surface area contributed by atoms with Crippen molar-refractivity contribution in [3.8, 4) is 0 Å². The summed E-state index contributed by atoms with van der Waals surface area (Å²) in [4.78, 5) is 52.4. The highest BCUT2D eigenvalue weighted by Crippen LogP contribution is 2.18. The van der Waals surface area contributed by atoms with Crippen molar-refractivity contribution in [2.75, 3.05) is 13.1 Å². The fraction of sp³-hybridized carbons (Fsp3) is 0.643. The molecule has 1 rings (SSSR count). The van der Waals surface area contributed by atoms with Gasteiger partial charge in [-0.05, 0) is 74.3 Å². The van der Waals surface area contributed by atoms with Gasteiger partial charge < -0.3 is 18.9 Å². The summed E-state index contributed by atoms with van der Waals surface area (Å²) in [6.45, 7) is 14.8. The molecule has 0 fully saturated rings. The molecule has 0 N–H and O–H groups in total. The average molecular weight is 522 g/mol. The number of carbonyl (C=O) groups is 4. The largest absolute Gasteiger partial charge is 0.461 e. The molecule has 0 aromatic heterocycles. The van der Waals surface area contributed by atoms with Crippen LogP contribution in [0.25, 0.3) is 0 Å². The highest BCUT2D eigenvalue weighted by Gasteiger charge is 2.35. The number of carbonyl (C=O) groups excluding carboxylic acids is 4. The van der Waals surface area contributed by atoms with E-state index in [0.717, 1.165) is 5.56 Å². The van der Waals surface area contributed by atoms with Gasteiger partial charge in [-0.25, -0.2) is 0 Å².